The molecule has 0 aliphatic carbocycles. The van der Waals surface area contributed by atoms with Crippen LogP contribution in [0.15, 0.2) is 17.0 Å². The monoisotopic (exact) mass is 380 g/mol. The van der Waals surface area contributed by atoms with Crippen LogP contribution in [0.3, 0.4) is 0 Å². The van der Waals surface area contributed by atoms with Gasteiger partial charge in [0.25, 0.3) is 0 Å². The van der Waals surface area contributed by atoms with E-state index >= 15 is 0 Å². The molecule has 2 nitrogen and oxygen atoms in total. The Labute approximate surface area is 159 Å². The highest BCUT2D eigenvalue weighted by Crippen LogP contribution is 2.30. The summed E-state index contributed by atoms with van der Waals surface area (Å²) in [7, 11) is -1.53. The highest BCUT2D eigenvalue weighted by atomic mass is 32.1. The summed E-state index contributed by atoms with van der Waals surface area (Å²) in [6.45, 7) is 13.6. The van der Waals surface area contributed by atoms with E-state index in [0.29, 0.717) is 6.10 Å². The topological polar surface area (TPSA) is 26.3 Å². The molecule has 1 unspecified atom stereocenters. The van der Waals surface area contributed by atoms with Crippen molar-refractivity contribution in [3.63, 3.8) is 0 Å². The lowest BCUT2D eigenvalue weighted by Gasteiger charge is -2.33. The van der Waals surface area contributed by atoms with E-state index in [9.17, 15) is 4.79 Å². The first kappa shape index (κ1) is 22.3. The summed E-state index contributed by atoms with van der Waals surface area (Å²) in [6, 6.07) is 5.67. The number of thiophene rings is 1. The molecule has 0 saturated carbocycles. The summed E-state index contributed by atoms with van der Waals surface area (Å²) < 4.78 is 6.71. The van der Waals surface area contributed by atoms with Crippen molar-refractivity contribution in [3.05, 3.63) is 27.5 Å². The Balaban J connectivity index is 2.82. The van der Waals surface area contributed by atoms with Crippen LogP contribution in [0.4, 0.5) is 0 Å². The number of carbonyl (C=O) groups excluding carboxylic acids is 1. The zero-order valence-electron chi connectivity index (χ0n) is 17.0. The van der Waals surface area contributed by atoms with Crippen LogP contribution >= 0.6 is 11.3 Å². The minimum atomic E-state index is -1.53. The van der Waals surface area contributed by atoms with E-state index in [1.165, 1.54) is 46.2 Å². The average molecular weight is 381 g/mol. The Hall–Kier alpha value is -0.713. The highest BCUT2D eigenvalue weighted by molar-refractivity contribution is 7.11. The Morgan fingerprint density at radius 2 is 1.84 bits per heavy atom. The van der Waals surface area contributed by atoms with Crippen molar-refractivity contribution < 1.29 is 9.22 Å². The first-order valence-electron chi connectivity index (χ1n) is 9.89. The third-order valence-electron chi connectivity index (χ3n) is 5.70. The van der Waals surface area contributed by atoms with Crippen molar-refractivity contribution in [2.45, 2.75) is 91.5 Å². The SMILES string of the molecule is CCC(CCC(CC)O[Si](CC)(CC)CC)=C(C)c1csc(C=O)c1. The summed E-state index contributed by atoms with van der Waals surface area (Å²) in [4.78, 5) is 11.7. The Bertz CT molecular complexity index is 550. The summed E-state index contributed by atoms with van der Waals surface area (Å²) in [5.41, 5.74) is 4.04. The van der Waals surface area contributed by atoms with Crippen LogP contribution in [0.1, 0.15) is 82.5 Å². The molecule has 0 aliphatic heterocycles. The highest BCUT2D eigenvalue weighted by Gasteiger charge is 2.31. The lowest BCUT2D eigenvalue weighted by molar-refractivity contribution is 0.112. The molecule has 142 valence electrons. The minimum Gasteiger partial charge on any atom is -0.414 e. The molecule has 1 rings (SSSR count). The Morgan fingerprint density at radius 3 is 2.28 bits per heavy atom. The maximum absolute atomic E-state index is 10.9. The van der Waals surface area contributed by atoms with Crippen LogP contribution in [0.25, 0.3) is 5.57 Å². The molecule has 1 heterocycles. The van der Waals surface area contributed by atoms with E-state index < -0.39 is 8.32 Å². The largest absolute Gasteiger partial charge is 0.414 e. The molecule has 1 aromatic heterocycles. The van der Waals surface area contributed by atoms with Crippen molar-refractivity contribution in [2.24, 2.45) is 0 Å². The van der Waals surface area contributed by atoms with Crippen LogP contribution in [0, 0.1) is 0 Å². The zero-order valence-corrected chi connectivity index (χ0v) is 18.8. The molecule has 0 amide bonds. The number of allylic oxidation sites excluding steroid dienone is 2. The summed E-state index contributed by atoms with van der Waals surface area (Å²) in [6.07, 6.45) is 5.68. The van der Waals surface area contributed by atoms with Gasteiger partial charge in [0.05, 0.1) is 4.88 Å². The first-order valence-corrected chi connectivity index (χ1v) is 13.3. The second kappa shape index (κ2) is 11.1. The van der Waals surface area contributed by atoms with E-state index in [4.69, 9.17) is 4.43 Å². The van der Waals surface area contributed by atoms with Gasteiger partial charge in [-0.1, -0.05) is 40.2 Å². The van der Waals surface area contributed by atoms with Crippen LogP contribution in [-0.2, 0) is 4.43 Å². The van der Waals surface area contributed by atoms with Gasteiger partial charge < -0.3 is 4.43 Å². The van der Waals surface area contributed by atoms with E-state index in [-0.39, 0.29) is 0 Å². The third-order valence-corrected chi connectivity index (χ3v) is 11.3. The predicted octanol–water partition coefficient (Wildman–Crippen LogP) is 7.32. The molecule has 25 heavy (non-hydrogen) atoms. The van der Waals surface area contributed by atoms with Crippen molar-refractivity contribution in [3.8, 4) is 0 Å². The maximum Gasteiger partial charge on any atom is 0.192 e. The third kappa shape index (κ3) is 6.19. The molecule has 0 aliphatic rings. The number of hydrogen-bond donors (Lipinski definition) is 0. The van der Waals surface area contributed by atoms with Crippen molar-refractivity contribution in [1.29, 1.82) is 0 Å². The second-order valence-corrected chi connectivity index (χ2v) is 12.5. The fourth-order valence-corrected chi connectivity index (χ4v) is 7.23. The van der Waals surface area contributed by atoms with E-state index in [0.717, 1.165) is 36.8 Å². The van der Waals surface area contributed by atoms with Crippen molar-refractivity contribution >= 4 is 31.5 Å². The van der Waals surface area contributed by atoms with Gasteiger partial charge in [-0.15, -0.1) is 11.3 Å². The van der Waals surface area contributed by atoms with Crippen LogP contribution in [0.5, 0.6) is 0 Å². The van der Waals surface area contributed by atoms with Gasteiger partial charge in [0.1, 0.15) is 0 Å². The van der Waals surface area contributed by atoms with Gasteiger partial charge in [0.15, 0.2) is 14.6 Å². The molecule has 0 aromatic carbocycles. The lowest BCUT2D eigenvalue weighted by Crippen LogP contribution is -2.39. The summed E-state index contributed by atoms with van der Waals surface area (Å²) in [5, 5.41) is 2.10. The average Bonchev–Trinajstić information content (AvgIpc) is 3.14. The van der Waals surface area contributed by atoms with E-state index in [1.807, 2.05) is 6.07 Å². The standard InChI is InChI=1S/C21H36O2SSi/c1-7-18(17(6)19-14-21(15-22)24-16-19)12-13-20(8-2)23-25(9-3,10-4)11-5/h14-16,20H,7-13H2,1-6H3. The van der Waals surface area contributed by atoms with Gasteiger partial charge in [0.2, 0.25) is 0 Å². The molecule has 4 heteroatoms. The Kier molecular flexibility index (Phi) is 9.91. The van der Waals surface area contributed by atoms with Crippen LogP contribution < -0.4 is 0 Å². The summed E-state index contributed by atoms with van der Waals surface area (Å²) >= 11 is 1.53. The number of rotatable bonds is 12. The number of aldehydes is 1. The van der Waals surface area contributed by atoms with Crippen molar-refractivity contribution in [2.75, 3.05) is 0 Å². The molecule has 0 radical (unpaired) electrons. The number of carbonyl (C=O) groups is 1. The van der Waals surface area contributed by atoms with E-state index in [1.54, 1.807) is 0 Å². The van der Waals surface area contributed by atoms with Gasteiger partial charge in [0, 0.05) is 6.10 Å². The molecule has 0 bridgehead atoms. The van der Waals surface area contributed by atoms with Crippen LogP contribution in [-0.4, -0.2) is 20.7 Å². The smallest absolute Gasteiger partial charge is 0.192 e. The molecule has 1 atom stereocenters. The second-order valence-electron chi connectivity index (χ2n) is 6.87. The van der Waals surface area contributed by atoms with Crippen LogP contribution in [0.2, 0.25) is 18.1 Å². The molecular formula is C21H36O2SSi. The fraction of sp³-hybridized carbons (Fsp3) is 0.667. The molecule has 0 N–H and O–H groups in total. The zero-order chi connectivity index (χ0) is 18.9. The fourth-order valence-electron chi connectivity index (χ4n) is 3.48. The minimum absolute atomic E-state index is 0.383. The lowest BCUT2D eigenvalue weighted by atomic mass is 9.96. The molecule has 0 spiro atoms. The normalized spacial score (nSPS) is 14.3. The molecule has 0 saturated heterocycles. The van der Waals surface area contributed by atoms with Gasteiger partial charge in [-0.3, -0.25) is 4.79 Å². The van der Waals surface area contributed by atoms with Gasteiger partial charge in [-0.05, 0) is 73.3 Å². The summed E-state index contributed by atoms with van der Waals surface area (Å²) in [5.74, 6) is 0. The van der Waals surface area contributed by atoms with E-state index in [2.05, 4.69) is 46.9 Å². The molecule has 1 aromatic rings. The predicted molar refractivity (Wildman–Crippen MR) is 114 cm³/mol. The molecular weight excluding hydrogens is 344 g/mol. The van der Waals surface area contributed by atoms with Gasteiger partial charge in [-0.25, -0.2) is 0 Å². The number of hydrogen-bond acceptors (Lipinski definition) is 3. The molecule has 0 fully saturated rings. The quantitative estimate of drug-likeness (QED) is 0.280. The van der Waals surface area contributed by atoms with Crippen molar-refractivity contribution in [1.82, 2.24) is 0 Å². The first-order chi connectivity index (χ1) is 12.0. The van der Waals surface area contributed by atoms with Gasteiger partial charge >= 0.3 is 0 Å². The Morgan fingerprint density at radius 1 is 1.20 bits per heavy atom. The maximum atomic E-state index is 10.9. The van der Waals surface area contributed by atoms with Gasteiger partial charge in [-0.2, -0.15) is 0 Å².